The van der Waals surface area contributed by atoms with Gasteiger partial charge in [0.25, 0.3) is 0 Å². The van der Waals surface area contributed by atoms with Crippen molar-refractivity contribution < 1.29 is 4.42 Å². The second-order valence-electron chi connectivity index (χ2n) is 4.07. The van der Waals surface area contributed by atoms with Crippen LogP contribution < -0.4 is 11.3 Å². The molecule has 0 aliphatic rings. The molecule has 1 aromatic carbocycles. The number of hydrazine groups is 1. The van der Waals surface area contributed by atoms with Gasteiger partial charge < -0.3 is 4.42 Å². The molecule has 0 saturated heterocycles. The third-order valence-corrected chi connectivity index (χ3v) is 2.86. The van der Waals surface area contributed by atoms with E-state index in [1.807, 2.05) is 30.3 Å². The van der Waals surface area contributed by atoms with Crippen molar-refractivity contribution in [3.63, 3.8) is 0 Å². The first-order valence-electron chi connectivity index (χ1n) is 5.92. The van der Waals surface area contributed by atoms with Gasteiger partial charge in [-0.2, -0.15) is 0 Å². The molecular weight excluding hydrogens is 212 g/mol. The summed E-state index contributed by atoms with van der Waals surface area (Å²) in [4.78, 5) is 0. The van der Waals surface area contributed by atoms with E-state index in [-0.39, 0.29) is 6.04 Å². The maximum atomic E-state index is 5.72. The zero-order valence-corrected chi connectivity index (χ0v) is 10.0. The second-order valence-corrected chi connectivity index (χ2v) is 4.07. The van der Waals surface area contributed by atoms with E-state index in [2.05, 4.69) is 24.5 Å². The molecule has 0 bridgehead atoms. The van der Waals surface area contributed by atoms with Crippen molar-refractivity contribution in [1.82, 2.24) is 5.43 Å². The zero-order valence-electron chi connectivity index (χ0n) is 10.0. The van der Waals surface area contributed by atoms with Gasteiger partial charge in [0.1, 0.15) is 11.5 Å². The Labute approximate surface area is 102 Å². The molecule has 2 aromatic rings. The van der Waals surface area contributed by atoms with Gasteiger partial charge in [-0.25, -0.2) is 5.43 Å². The summed E-state index contributed by atoms with van der Waals surface area (Å²) in [5.74, 6) is 7.48. The highest BCUT2D eigenvalue weighted by Crippen LogP contribution is 2.20. The highest BCUT2D eigenvalue weighted by atomic mass is 16.3. The standard InChI is InChI=1S/C14H18N2O/c1-2-12-8-9-14(17-12)13(16-15)10-11-6-4-3-5-7-11/h3-9,13,16H,2,10,15H2,1H3. The molecule has 90 valence electrons. The lowest BCUT2D eigenvalue weighted by Gasteiger charge is -2.13. The molecule has 1 aromatic heterocycles. The van der Waals surface area contributed by atoms with Gasteiger partial charge in [-0.1, -0.05) is 37.3 Å². The van der Waals surface area contributed by atoms with Crippen LogP contribution in [0.1, 0.15) is 30.0 Å². The number of benzene rings is 1. The van der Waals surface area contributed by atoms with Crippen LogP contribution >= 0.6 is 0 Å². The van der Waals surface area contributed by atoms with Gasteiger partial charge >= 0.3 is 0 Å². The molecule has 3 heteroatoms. The Balaban J connectivity index is 2.11. The van der Waals surface area contributed by atoms with Crippen molar-refractivity contribution in [3.8, 4) is 0 Å². The Kier molecular flexibility index (Phi) is 3.96. The van der Waals surface area contributed by atoms with Crippen LogP contribution in [0.5, 0.6) is 0 Å². The smallest absolute Gasteiger partial charge is 0.122 e. The number of furan rings is 1. The minimum absolute atomic E-state index is 0.0256. The van der Waals surface area contributed by atoms with Gasteiger partial charge in [0.2, 0.25) is 0 Å². The van der Waals surface area contributed by atoms with Crippen LogP contribution in [0.3, 0.4) is 0 Å². The maximum absolute atomic E-state index is 5.72. The van der Waals surface area contributed by atoms with Crippen molar-refractivity contribution in [1.29, 1.82) is 0 Å². The molecule has 17 heavy (non-hydrogen) atoms. The van der Waals surface area contributed by atoms with E-state index in [1.165, 1.54) is 5.56 Å². The summed E-state index contributed by atoms with van der Waals surface area (Å²) in [5.41, 5.74) is 4.05. The quantitative estimate of drug-likeness (QED) is 0.613. The molecular formula is C14H18N2O. The Hall–Kier alpha value is -1.58. The fourth-order valence-electron chi connectivity index (χ4n) is 1.86. The van der Waals surface area contributed by atoms with Crippen LogP contribution in [0.25, 0.3) is 0 Å². The molecule has 0 saturated carbocycles. The van der Waals surface area contributed by atoms with Gasteiger partial charge in [0.15, 0.2) is 0 Å². The van der Waals surface area contributed by atoms with Gasteiger partial charge in [-0.3, -0.25) is 5.84 Å². The monoisotopic (exact) mass is 230 g/mol. The molecule has 1 unspecified atom stereocenters. The van der Waals surface area contributed by atoms with Crippen LogP contribution in [0.4, 0.5) is 0 Å². The Morgan fingerprint density at radius 1 is 1.18 bits per heavy atom. The highest BCUT2D eigenvalue weighted by Gasteiger charge is 2.14. The van der Waals surface area contributed by atoms with Gasteiger partial charge in [-0.05, 0) is 24.1 Å². The van der Waals surface area contributed by atoms with Crippen LogP contribution in [-0.4, -0.2) is 0 Å². The first-order chi connectivity index (χ1) is 8.33. The number of nitrogens with one attached hydrogen (secondary N) is 1. The van der Waals surface area contributed by atoms with Crippen LogP contribution in [0, 0.1) is 0 Å². The van der Waals surface area contributed by atoms with Gasteiger partial charge in [-0.15, -0.1) is 0 Å². The van der Waals surface area contributed by atoms with E-state index in [1.54, 1.807) is 0 Å². The van der Waals surface area contributed by atoms with E-state index in [4.69, 9.17) is 10.3 Å². The van der Waals surface area contributed by atoms with E-state index in [0.717, 1.165) is 24.4 Å². The first kappa shape index (κ1) is 11.9. The topological polar surface area (TPSA) is 51.2 Å². The molecule has 0 aliphatic carbocycles. The molecule has 2 rings (SSSR count). The molecule has 0 aliphatic heterocycles. The van der Waals surface area contributed by atoms with Crippen molar-refractivity contribution >= 4 is 0 Å². The molecule has 0 fully saturated rings. The lowest BCUT2D eigenvalue weighted by Crippen LogP contribution is -2.29. The van der Waals surface area contributed by atoms with E-state index in [9.17, 15) is 0 Å². The summed E-state index contributed by atoms with van der Waals surface area (Å²) >= 11 is 0. The van der Waals surface area contributed by atoms with E-state index < -0.39 is 0 Å². The fraction of sp³-hybridized carbons (Fsp3) is 0.286. The third kappa shape index (κ3) is 2.96. The summed E-state index contributed by atoms with van der Waals surface area (Å²) in [6, 6.07) is 14.3. The van der Waals surface area contributed by atoms with Crippen molar-refractivity contribution in [2.75, 3.05) is 0 Å². The largest absolute Gasteiger partial charge is 0.464 e. The Morgan fingerprint density at radius 2 is 1.94 bits per heavy atom. The summed E-state index contributed by atoms with van der Waals surface area (Å²) in [6.45, 7) is 2.07. The predicted octanol–water partition coefficient (Wildman–Crippen LogP) is 2.59. The minimum Gasteiger partial charge on any atom is -0.464 e. The lowest BCUT2D eigenvalue weighted by molar-refractivity contribution is 0.396. The number of rotatable bonds is 5. The molecule has 0 amide bonds. The minimum atomic E-state index is 0.0256. The molecule has 1 heterocycles. The van der Waals surface area contributed by atoms with Crippen LogP contribution in [0.2, 0.25) is 0 Å². The van der Waals surface area contributed by atoms with Crippen molar-refractivity contribution in [3.05, 3.63) is 59.5 Å². The summed E-state index contributed by atoms with van der Waals surface area (Å²) in [6.07, 6.45) is 1.73. The summed E-state index contributed by atoms with van der Waals surface area (Å²) in [7, 11) is 0. The summed E-state index contributed by atoms with van der Waals surface area (Å²) < 4.78 is 5.72. The number of nitrogens with two attached hydrogens (primary N) is 1. The van der Waals surface area contributed by atoms with Gasteiger partial charge in [0.05, 0.1) is 6.04 Å². The van der Waals surface area contributed by atoms with Gasteiger partial charge in [0, 0.05) is 6.42 Å². The van der Waals surface area contributed by atoms with Crippen molar-refractivity contribution in [2.45, 2.75) is 25.8 Å². The van der Waals surface area contributed by atoms with Crippen molar-refractivity contribution in [2.24, 2.45) is 5.84 Å². The Morgan fingerprint density at radius 3 is 2.53 bits per heavy atom. The number of hydrogen-bond donors (Lipinski definition) is 2. The third-order valence-electron chi connectivity index (χ3n) is 2.86. The average molecular weight is 230 g/mol. The highest BCUT2D eigenvalue weighted by molar-refractivity contribution is 5.19. The van der Waals surface area contributed by atoms with Crippen LogP contribution in [0.15, 0.2) is 46.9 Å². The molecule has 1 atom stereocenters. The predicted molar refractivity (Wildman–Crippen MR) is 68.3 cm³/mol. The SMILES string of the molecule is CCc1ccc(C(Cc2ccccc2)NN)o1. The number of aryl methyl sites for hydroxylation is 1. The Bertz CT molecular complexity index is 450. The van der Waals surface area contributed by atoms with Crippen LogP contribution in [-0.2, 0) is 12.8 Å². The molecule has 0 spiro atoms. The normalized spacial score (nSPS) is 12.6. The maximum Gasteiger partial charge on any atom is 0.122 e. The molecule has 3 N–H and O–H groups in total. The fourth-order valence-corrected chi connectivity index (χ4v) is 1.86. The average Bonchev–Trinajstić information content (AvgIpc) is 2.86. The summed E-state index contributed by atoms with van der Waals surface area (Å²) in [5, 5.41) is 0. The van der Waals surface area contributed by atoms with E-state index >= 15 is 0 Å². The van der Waals surface area contributed by atoms with E-state index in [0.29, 0.717) is 0 Å². The first-order valence-corrected chi connectivity index (χ1v) is 5.92. The lowest BCUT2D eigenvalue weighted by atomic mass is 10.0. The molecule has 0 radical (unpaired) electrons. The zero-order chi connectivity index (χ0) is 12.1. The number of hydrogen-bond acceptors (Lipinski definition) is 3. The molecule has 3 nitrogen and oxygen atoms in total. The second kappa shape index (κ2) is 5.66.